The van der Waals surface area contributed by atoms with Crippen LogP contribution in [0.5, 0.6) is 11.5 Å². The minimum atomic E-state index is -4.18. The van der Waals surface area contributed by atoms with Crippen LogP contribution >= 0.6 is 0 Å². The topological polar surface area (TPSA) is 143 Å². The van der Waals surface area contributed by atoms with Gasteiger partial charge < -0.3 is 13.9 Å². The Hall–Kier alpha value is -3.88. The summed E-state index contributed by atoms with van der Waals surface area (Å²) < 4.78 is 50.8. The lowest BCUT2D eigenvalue weighted by molar-refractivity contribution is 0.176. The molecule has 1 aromatic carbocycles. The molecule has 14 heteroatoms. The van der Waals surface area contributed by atoms with Gasteiger partial charge in [-0.3, -0.25) is 24.2 Å². The van der Waals surface area contributed by atoms with Crippen LogP contribution in [0.3, 0.4) is 0 Å². The zero-order valence-corrected chi connectivity index (χ0v) is 28.7. The number of aromatic nitrogens is 6. The van der Waals surface area contributed by atoms with Crippen molar-refractivity contribution in [1.29, 1.82) is 0 Å². The molecule has 4 aromatic rings. The molecule has 2 atom stereocenters. The molecule has 0 aliphatic carbocycles. The second-order valence-electron chi connectivity index (χ2n) is 12.2. The molecule has 0 saturated carbocycles. The van der Waals surface area contributed by atoms with Crippen LogP contribution < -0.4 is 14.2 Å². The van der Waals surface area contributed by atoms with Crippen LogP contribution in [0.25, 0.3) is 17.1 Å². The maximum absolute atomic E-state index is 14.2. The van der Waals surface area contributed by atoms with Crippen molar-refractivity contribution in [2.45, 2.75) is 71.0 Å². The van der Waals surface area contributed by atoms with E-state index in [9.17, 15) is 8.42 Å². The first-order valence-electron chi connectivity index (χ1n) is 14.2. The summed E-state index contributed by atoms with van der Waals surface area (Å²) in [5.74, 6) is 1.13. The fourth-order valence-electron chi connectivity index (χ4n) is 4.30. The average molecular weight is 640 g/mol. The Kier molecular flexibility index (Phi) is 9.47. The molecule has 0 bridgehead atoms. The first-order chi connectivity index (χ1) is 20.6. The highest BCUT2D eigenvalue weighted by molar-refractivity contribution is 7.93. The van der Waals surface area contributed by atoms with Crippen LogP contribution in [-0.2, 0) is 14.4 Å². The molecule has 0 saturated heterocycles. The first-order valence-corrected chi connectivity index (χ1v) is 18.6. The van der Waals surface area contributed by atoms with Crippen LogP contribution in [0, 0.1) is 13.8 Å². The number of para-hydroxylation sites is 1. The first kappa shape index (κ1) is 33.0. The number of aryl methyl sites for hydroxylation is 2. The number of ether oxygens (including phenoxy) is 2. The Morgan fingerprint density at radius 2 is 1.61 bits per heavy atom. The SMILES string of the molecule is COc1cccc(OC)c1-n1c(NS(=O)(=O)[C@H](C)[C@@H](O[Si](C)(C)C(C)(C)C)c2cnc(C)cn2)nnc1-c1cncc(C)c1. The highest BCUT2D eigenvalue weighted by atomic mass is 32.2. The fourth-order valence-corrected chi connectivity index (χ4v) is 6.81. The third-order valence-electron chi connectivity index (χ3n) is 7.89. The van der Waals surface area contributed by atoms with Crippen molar-refractivity contribution in [3.05, 3.63) is 66.0 Å². The lowest BCUT2D eigenvalue weighted by Crippen LogP contribution is -2.45. The van der Waals surface area contributed by atoms with Crippen molar-refractivity contribution >= 4 is 24.3 Å². The summed E-state index contributed by atoms with van der Waals surface area (Å²) in [5, 5.41) is 7.41. The predicted molar refractivity (Wildman–Crippen MR) is 172 cm³/mol. The number of pyridine rings is 1. The molecule has 0 amide bonds. The van der Waals surface area contributed by atoms with E-state index in [0.717, 1.165) is 5.56 Å². The molecule has 0 unspecified atom stereocenters. The number of nitrogens with one attached hydrogen (secondary N) is 1. The van der Waals surface area contributed by atoms with Gasteiger partial charge in [0.1, 0.15) is 28.5 Å². The van der Waals surface area contributed by atoms with E-state index >= 15 is 0 Å². The number of hydrogen-bond acceptors (Lipinski definition) is 10. The number of methoxy groups -OCH3 is 2. The van der Waals surface area contributed by atoms with Crippen LogP contribution in [0.15, 0.2) is 49.1 Å². The van der Waals surface area contributed by atoms with Crippen molar-refractivity contribution < 1.29 is 22.3 Å². The van der Waals surface area contributed by atoms with Crippen LogP contribution in [0.1, 0.15) is 50.8 Å². The van der Waals surface area contributed by atoms with E-state index in [1.54, 1.807) is 54.5 Å². The molecule has 44 heavy (non-hydrogen) atoms. The monoisotopic (exact) mass is 639 g/mol. The van der Waals surface area contributed by atoms with Crippen LogP contribution in [-0.4, -0.2) is 65.9 Å². The molecular weight excluding hydrogens is 599 g/mol. The highest BCUT2D eigenvalue weighted by Gasteiger charge is 2.44. The highest BCUT2D eigenvalue weighted by Crippen LogP contribution is 2.42. The maximum Gasteiger partial charge on any atom is 0.243 e. The minimum Gasteiger partial charge on any atom is -0.494 e. The van der Waals surface area contributed by atoms with E-state index in [4.69, 9.17) is 13.9 Å². The quantitative estimate of drug-likeness (QED) is 0.205. The zero-order valence-electron chi connectivity index (χ0n) is 26.9. The molecule has 0 fully saturated rings. The fraction of sp³-hybridized carbons (Fsp3) is 0.433. The lowest BCUT2D eigenvalue weighted by atomic mass is 10.2. The summed E-state index contributed by atoms with van der Waals surface area (Å²) in [6.07, 6.45) is 5.63. The van der Waals surface area contributed by atoms with Crippen molar-refractivity contribution in [2.24, 2.45) is 0 Å². The van der Waals surface area contributed by atoms with Crippen molar-refractivity contribution in [1.82, 2.24) is 29.7 Å². The largest absolute Gasteiger partial charge is 0.494 e. The van der Waals surface area contributed by atoms with Crippen molar-refractivity contribution in [2.75, 3.05) is 18.9 Å². The lowest BCUT2D eigenvalue weighted by Gasteiger charge is -2.40. The third-order valence-corrected chi connectivity index (χ3v) is 14.0. The molecule has 236 valence electrons. The summed E-state index contributed by atoms with van der Waals surface area (Å²) in [7, 11) is -3.60. The zero-order chi connectivity index (χ0) is 32.4. The Morgan fingerprint density at radius 1 is 0.955 bits per heavy atom. The molecule has 12 nitrogen and oxygen atoms in total. The standard InChI is InChI=1S/C30H41N7O5SSi/c1-19-14-22(17-31-15-19)28-34-35-29(37(28)26-24(40-7)12-11-13-25(26)41-8)36-43(38,39)21(3)27(23-18-32-20(2)16-33-23)42-44(9,10)30(4,5)6/h11-18,21,27H,1-10H3,(H,35,36)/t21-,27-/m1/s1. The Morgan fingerprint density at radius 3 is 2.16 bits per heavy atom. The summed E-state index contributed by atoms with van der Waals surface area (Å²) in [6.45, 7) is 15.8. The number of sulfonamides is 1. The molecule has 0 spiro atoms. The number of nitrogens with zero attached hydrogens (tertiary/aromatic N) is 6. The van der Waals surface area contributed by atoms with E-state index < -0.39 is 29.7 Å². The molecule has 0 aliphatic heterocycles. The molecule has 1 N–H and O–H groups in total. The van der Waals surface area contributed by atoms with Gasteiger partial charge >= 0.3 is 0 Å². The Labute approximate surface area is 260 Å². The van der Waals surface area contributed by atoms with Gasteiger partial charge in [-0.15, -0.1) is 10.2 Å². The van der Waals surface area contributed by atoms with Crippen LogP contribution in [0.4, 0.5) is 5.95 Å². The van der Waals surface area contributed by atoms with Crippen molar-refractivity contribution in [3.63, 3.8) is 0 Å². The minimum absolute atomic E-state index is 0.0581. The Bertz CT molecular complexity index is 1700. The molecule has 3 aromatic heterocycles. The van der Waals surface area contributed by atoms with Gasteiger partial charge in [0.25, 0.3) is 0 Å². The second-order valence-corrected chi connectivity index (χ2v) is 19.0. The third kappa shape index (κ3) is 6.76. The van der Waals surface area contributed by atoms with E-state index in [1.165, 1.54) is 14.2 Å². The smallest absolute Gasteiger partial charge is 0.243 e. The molecule has 0 aliphatic rings. The van der Waals surface area contributed by atoms with Crippen LogP contribution in [0.2, 0.25) is 18.1 Å². The van der Waals surface area contributed by atoms with E-state index in [-0.39, 0.29) is 11.0 Å². The van der Waals surface area contributed by atoms with E-state index in [1.807, 2.05) is 19.9 Å². The van der Waals surface area contributed by atoms with Gasteiger partial charge in [0.15, 0.2) is 14.1 Å². The van der Waals surface area contributed by atoms with E-state index in [2.05, 4.69) is 63.7 Å². The molecule has 4 rings (SSSR count). The predicted octanol–water partition coefficient (Wildman–Crippen LogP) is 5.65. The average Bonchev–Trinajstić information content (AvgIpc) is 3.37. The van der Waals surface area contributed by atoms with Gasteiger partial charge in [-0.05, 0) is 62.7 Å². The van der Waals surface area contributed by atoms with Gasteiger partial charge in [-0.1, -0.05) is 26.8 Å². The van der Waals surface area contributed by atoms with Gasteiger partial charge in [0.2, 0.25) is 16.0 Å². The number of anilines is 1. The molecular formula is C30H41N7O5SSi. The van der Waals surface area contributed by atoms with Gasteiger partial charge in [-0.2, -0.15) is 0 Å². The maximum atomic E-state index is 14.2. The second kappa shape index (κ2) is 12.6. The van der Waals surface area contributed by atoms with Gasteiger partial charge in [0, 0.05) is 24.2 Å². The van der Waals surface area contributed by atoms with Gasteiger partial charge in [0.05, 0.1) is 31.8 Å². The summed E-state index contributed by atoms with van der Waals surface area (Å²) >= 11 is 0. The number of hydrogen-bond donors (Lipinski definition) is 1. The number of rotatable bonds is 11. The van der Waals surface area contributed by atoms with E-state index in [0.29, 0.717) is 40.0 Å². The van der Waals surface area contributed by atoms with Crippen molar-refractivity contribution in [3.8, 4) is 28.6 Å². The Balaban J connectivity index is 1.86. The summed E-state index contributed by atoms with van der Waals surface area (Å²) in [4.78, 5) is 13.2. The summed E-state index contributed by atoms with van der Waals surface area (Å²) in [6, 6.07) is 7.15. The van der Waals surface area contributed by atoms with Gasteiger partial charge in [-0.25, -0.2) is 8.42 Å². The molecule has 0 radical (unpaired) electrons. The number of benzene rings is 1. The molecule has 3 heterocycles. The normalized spacial score (nSPS) is 13.8. The summed E-state index contributed by atoms with van der Waals surface area (Å²) in [5.41, 5.74) is 3.08.